The number of hydrogen-bond acceptors (Lipinski definition) is 5. The van der Waals surface area contributed by atoms with Crippen LogP contribution in [0.3, 0.4) is 0 Å². The molecular weight excluding hydrogens is 340 g/mol. The molecule has 4 heterocycles. The number of rotatable bonds is 3. The van der Waals surface area contributed by atoms with Crippen molar-refractivity contribution in [1.29, 1.82) is 0 Å². The van der Waals surface area contributed by atoms with Gasteiger partial charge in [-0.2, -0.15) is 0 Å². The van der Waals surface area contributed by atoms with Crippen LogP contribution in [-0.2, 0) is 4.79 Å². The quantitative estimate of drug-likeness (QED) is 0.874. The number of likely N-dealkylation sites (tertiary alicyclic amines) is 2. The van der Waals surface area contributed by atoms with E-state index in [-0.39, 0.29) is 24.9 Å². The summed E-state index contributed by atoms with van der Waals surface area (Å²) in [5, 5.41) is 3.25. The van der Waals surface area contributed by atoms with Crippen LogP contribution in [0.2, 0.25) is 0 Å². The summed E-state index contributed by atoms with van der Waals surface area (Å²) in [6, 6.07) is -0.0193. The number of piperidine rings is 1. The molecule has 6 nitrogen and oxygen atoms in total. The van der Waals surface area contributed by atoms with Crippen molar-refractivity contribution >= 4 is 5.91 Å². The number of nitrogens with zero attached hydrogens (tertiary/aromatic N) is 4. The molecule has 3 aliphatic heterocycles. The molecule has 1 N–H and O–H groups in total. The first-order chi connectivity index (χ1) is 12.5. The molecule has 8 heteroatoms. The molecule has 2 atom stereocenters. The summed E-state index contributed by atoms with van der Waals surface area (Å²) in [4.78, 5) is 24.5. The van der Waals surface area contributed by atoms with Crippen molar-refractivity contribution < 1.29 is 13.6 Å². The van der Waals surface area contributed by atoms with E-state index in [0.717, 1.165) is 32.5 Å². The van der Waals surface area contributed by atoms with E-state index in [9.17, 15) is 13.6 Å². The largest absolute Gasteiger partial charge is 0.335 e. The summed E-state index contributed by atoms with van der Waals surface area (Å²) in [5.74, 6) is -2.40. The molecule has 1 amide bonds. The minimum Gasteiger partial charge on any atom is -0.335 e. The molecule has 1 aromatic heterocycles. The van der Waals surface area contributed by atoms with Crippen LogP contribution in [0.1, 0.15) is 37.2 Å². The molecule has 3 saturated heterocycles. The highest BCUT2D eigenvalue weighted by Crippen LogP contribution is 2.31. The average molecular weight is 365 g/mol. The predicted octanol–water partition coefficient (Wildman–Crippen LogP) is 1.25. The number of carbonyl (C=O) groups is 1. The molecule has 142 valence electrons. The molecule has 0 unspecified atom stereocenters. The van der Waals surface area contributed by atoms with Gasteiger partial charge in [-0.25, -0.2) is 18.7 Å². The molecule has 4 rings (SSSR count). The number of amides is 1. The molecule has 0 bridgehead atoms. The van der Waals surface area contributed by atoms with Crippen molar-refractivity contribution in [2.75, 3.05) is 32.7 Å². The Kier molecular flexibility index (Phi) is 4.88. The van der Waals surface area contributed by atoms with Gasteiger partial charge in [0.15, 0.2) is 0 Å². The van der Waals surface area contributed by atoms with Crippen molar-refractivity contribution in [1.82, 2.24) is 25.1 Å². The van der Waals surface area contributed by atoms with Gasteiger partial charge in [-0.3, -0.25) is 9.69 Å². The molecule has 0 aliphatic carbocycles. The number of carbonyl (C=O) groups excluding carboxylic acids is 1. The Hall–Kier alpha value is -1.67. The lowest BCUT2D eigenvalue weighted by molar-refractivity contribution is -0.133. The van der Waals surface area contributed by atoms with E-state index >= 15 is 0 Å². The maximum absolute atomic E-state index is 13.4. The first kappa shape index (κ1) is 17.7. The van der Waals surface area contributed by atoms with Crippen LogP contribution in [-0.4, -0.2) is 76.4 Å². The van der Waals surface area contributed by atoms with Crippen LogP contribution < -0.4 is 5.32 Å². The molecule has 0 spiro atoms. The van der Waals surface area contributed by atoms with Crippen molar-refractivity contribution in [3.8, 4) is 0 Å². The third-order valence-corrected chi connectivity index (χ3v) is 5.98. The number of aromatic nitrogens is 2. The van der Waals surface area contributed by atoms with E-state index in [4.69, 9.17) is 0 Å². The van der Waals surface area contributed by atoms with Crippen molar-refractivity contribution in [3.63, 3.8) is 0 Å². The summed E-state index contributed by atoms with van der Waals surface area (Å²) in [6.07, 6.45) is 7.94. The zero-order valence-electron chi connectivity index (χ0n) is 14.8. The summed E-state index contributed by atoms with van der Waals surface area (Å²) in [5.41, 5.74) is 1.19. The van der Waals surface area contributed by atoms with Gasteiger partial charge in [0.25, 0.3) is 5.92 Å². The van der Waals surface area contributed by atoms with Gasteiger partial charge < -0.3 is 10.2 Å². The number of halogens is 2. The molecule has 3 fully saturated rings. The van der Waals surface area contributed by atoms with Crippen LogP contribution in [0.15, 0.2) is 18.7 Å². The maximum atomic E-state index is 13.4. The standard InChI is InChI=1S/C18H25F2N5O/c19-18(20)3-6-25(11-18)17(26)16-7-15(10-23-16)24-4-1-13(2-5-24)14-8-21-12-22-9-14/h8-9,12-13,15-16,23H,1-7,10-11H2/t15-,16-/m0/s1. The minimum absolute atomic E-state index is 0.166. The monoisotopic (exact) mass is 365 g/mol. The van der Waals surface area contributed by atoms with E-state index in [1.807, 2.05) is 12.4 Å². The van der Waals surface area contributed by atoms with Crippen LogP contribution in [0.4, 0.5) is 8.78 Å². The smallest absolute Gasteiger partial charge is 0.267 e. The first-order valence-corrected chi connectivity index (χ1v) is 9.41. The van der Waals surface area contributed by atoms with E-state index in [0.29, 0.717) is 18.4 Å². The van der Waals surface area contributed by atoms with Crippen molar-refractivity contribution in [3.05, 3.63) is 24.3 Å². The Morgan fingerprint density at radius 3 is 2.58 bits per heavy atom. The highest BCUT2D eigenvalue weighted by Gasteiger charge is 2.43. The Bertz CT molecular complexity index is 636. The number of hydrogen-bond donors (Lipinski definition) is 1. The summed E-state index contributed by atoms with van der Waals surface area (Å²) in [6.45, 7) is 2.45. The highest BCUT2D eigenvalue weighted by atomic mass is 19.3. The highest BCUT2D eigenvalue weighted by molar-refractivity contribution is 5.82. The Morgan fingerprint density at radius 1 is 1.19 bits per heavy atom. The van der Waals surface area contributed by atoms with Gasteiger partial charge in [0, 0.05) is 37.9 Å². The van der Waals surface area contributed by atoms with Gasteiger partial charge in [0.2, 0.25) is 5.91 Å². The molecule has 26 heavy (non-hydrogen) atoms. The average Bonchev–Trinajstić information content (AvgIpc) is 3.29. The van der Waals surface area contributed by atoms with Gasteiger partial charge in [-0.15, -0.1) is 0 Å². The summed E-state index contributed by atoms with van der Waals surface area (Å²) >= 11 is 0. The van der Waals surface area contributed by atoms with Gasteiger partial charge in [0.1, 0.15) is 6.33 Å². The second kappa shape index (κ2) is 7.15. The van der Waals surface area contributed by atoms with Gasteiger partial charge in [0.05, 0.1) is 12.6 Å². The lowest BCUT2D eigenvalue weighted by atomic mass is 9.90. The van der Waals surface area contributed by atoms with E-state index in [1.54, 1.807) is 6.33 Å². The van der Waals surface area contributed by atoms with E-state index < -0.39 is 12.5 Å². The lowest BCUT2D eigenvalue weighted by Crippen LogP contribution is -2.43. The molecule has 3 aliphatic rings. The predicted molar refractivity (Wildman–Crippen MR) is 91.9 cm³/mol. The fourth-order valence-corrected chi connectivity index (χ4v) is 4.45. The third-order valence-electron chi connectivity index (χ3n) is 5.98. The molecule has 0 saturated carbocycles. The SMILES string of the molecule is O=C([C@@H]1C[C@H](N2CCC(c3cncnc3)CC2)CN1)N1CCC(F)(F)C1. The maximum Gasteiger partial charge on any atom is 0.267 e. The molecule has 0 radical (unpaired) electrons. The lowest BCUT2D eigenvalue weighted by Gasteiger charge is -2.35. The van der Waals surface area contributed by atoms with Crippen LogP contribution >= 0.6 is 0 Å². The zero-order chi connectivity index (χ0) is 18.1. The summed E-state index contributed by atoms with van der Waals surface area (Å²) < 4.78 is 26.7. The third kappa shape index (κ3) is 3.71. The normalized spacial score (nSPS) is 30.0. The second-order valence-electron chi connectivity index (χ2n) is 7.70. The van der Waals surface area contributed by atoms with E-state index in [2.05, 4.69) is 20.2 Å². The Balaban J connectivity index is 1.28. The van der Waals surface area contributed by atoms with Crippen LogP contribution in [0.5, 0.6) is 0 Å². The fraction of sp³-hybridized carbons (Fsp3) is 0.722. The fourth-order valence-electron chi connectivity index (χ4n) is 4.45. The van der Waals surface area contributed by atoms with Crippen molar-refractivity contribution in [2.24, 2.45) is 0 Å². The molecular formula is C18H25F2N5O. The number of nitrogens with one attached hydrogen (secondary N) is 1. The topological polar surface area (TPSA) is 61.4 Å². The van der Waals surface area contributed by atoms with E-state index in [1.165, 1.54) is 10.5 Å². The minimum atomic E-state index is -2.73. The Morgan fingerprint density at radius 2 is 1.92 bits per heavy atom. The second-order valence-corrected chi connectivity index (χ2v) is 7.70. The van der Waals surface area contributed by atoms with Gasteiger partial charge in [-0.05, 0) is 43.8 Å². The zero-order valence-corrected chi connectivity index (χ0v) is 14.8. The molecule has 0 aromatic carbocycles. The van der Waals surface area contributed by atoms with Crippen molar-refractivity contribution in [2.45, 2.75) is 49.6 Å². The Labute approximate surface area is 152 Å². The first-order valence-electron chi connectivity index (χ1n) is 9.41. The van der Waals surface area contributed by atoms with Gasteiger partial charge >= 0.3 is 0 Å². The summed E-state index contributed by atoms with van der Waals surface area (Å²) in [7, 11) is 0. The van der Waals surface area contributed by atoms with Gasteiger partial charge in [-0.1, -0.05) is 0 Å². The number of alkyl halides is 2. The molecule has 1 aromatic rings. The van der Waals surface area contributed by atoms with Crippen LogP contribution in [0, 0.1) is 0 Å². The van der Waals surface area contributed by atoms with Crippen LogP contribution in [0.25, 0.3) is 0 Å².